The quantitative estimate of drug-likeness (QED) is 0.290. The highest BCUT2D eigenvalue weighted by Crippen LogP contribution is 2.16. The number of nitrogens with one attached hydrogen (secondary N) is 2. The number of hydrogen-bond acceptors (Lipinski definition) is 5. The summed E-state index contributed by atoms with van der Waals surface area (Å²) in [6, 6.07) is 8.78. The molecule has 0 spiro atoms. The maximum absolute atomic E-state index is 5.50. The second-order valence-corrected chi connectivity index (χ2v) is 9.17. The zero-order valence-electron chi connectivity index (χ0n) is 20.4. The van der Waals surface area contributed by atoms with Gasteiger partial charge in [-0.25, -0.2) is 0 Å². The van der Waals surface area contributed by atoms with E-state index in [0.717, 1.165) is 71.5 Å². The lowest BCUT2D eigenvalue weighted by molar-refractivity contribution is -0.00834. The Morgan fingerprint density at radius 3 is 2.22 bits per heavy atom. The monoisotopic (exact) mass is 558 g/mol. The van der Waals surface area contributed by atoms with Crippen LogP contribution in [0.5, 0.6) is 0 Å². The van der Waals surface area contributed by atoms with E-state index in [9.17, 15) is 0 Å². The van der Waals surface area contributed by atoms with Crippen LogP contribution in [0.1, 0.15) is 31.9 Å². The molecule has 1 aromatic rings. The van der Waals surface area contributed by atoms with Crippen molar-refractivity contribution in [3.63, 3.8) is 0 Å². The lowest BCUT2D eigenvalue weighted by Crippen LogP contribution is -2.56. The van der Waals surface area contributed by atoms with Gasteiger partial charge >= 0.3 is 0 Å². The van der Waals surface area contributed by atoms with Crippen molar-refractivity contribution in [2.45, 2.75) is 39.4 Å². The minimum absolute atomic E-state index is 0. The molecular formula is C24H43IN6O. The summed E-state index contributed by atoms with van der Waals surface area (Å²) in [6.45, 7) is 18.9. The van der Waals surface area contributed by atoms with Crippen LogP contribution in [0.4, 0.5) is 0 Å². The van der Waals surface area contributed by atoms with Crippen LogP contribution in [0.2, 0.25) is 0 Å². The number of morpholine rings is 1. The number of piperazine rings is 1. The topological polar surface area (TPSA) is 55.4 Å². The molecule has 2 heterocycles. The van der Waals surface area contributed by atoms with Gasteiger partial charge in [-0.05, 0) is 31.5 Å². The molecule has 0 aromatic heterocycles. The van der Waals surface area contributed by atoms with Crippen LogP contribution < -0.4 is 10.6 Å². The molecule has 182 valence electrons. The van der Waals surface area contributed by atoms with Gasteiger partial charge in [0.05, 0.1) is 13.2 Å². The van der Waals surface area contributed by atoms with Gasteiger partial charge in [-0.15, -0.1) is 24.0 Å². The average Bonchev–Trinajstić information content (AvgIpc) is 2.81. The second-order valence-electron chi connectivity index (χ2n) is 9.17. The molecule has 0 radical (unpaired) electrons. The highest BCUT2D eigenvalue weighted by Gasteiger charge is 2.28. The van der Waals surface area contributed by atoms with E-state index in [2.05, 4.69) is 75.4 Å². The molecule has 0 amide bonds. The number of hydrogen-bond donors (Lipinski definition) is 2. The van der Waals surface area contributed by atoms with Gasteiger partial charge in [-0.2, -0.15) is 0 Å². The van der Waals surface area contributed by atoms with Crippen molar-refractivity contribution >= 4 is 29.9 Å². The fourth-order valence-electron chi connectivity index (χ4n) is 4.37. The van der Waals surface area contributed by atoms with E-state index in [1.807, 2.05) is 7.05 Å². The molecule has 0 saturated carbocycles. The van der Waals surface area contributed by atoms with Crippen molar-refractivity contribution in [2.75, 3.05) is 72.6 Å². The Kier molecular flexibility index (Phi) is 11.7. The molecule has 0 aliphatic carbocycles. The van der Waals surface area contributed by atoms with Gasteiger partial charge in [0, 0.05) is 71.5 Å². The molecular weight excluding hydrogens is 515 g/mol. The van der Waals surface area contributed by atoms with Crippen molar-refractivity contribution in [1.29, 1.82) is 0 Å². The fourth-order valence-corrected chi connectivity index (χ4v) is 4.37. The Hall–Kier alpha value is -0.940. The van der Waals surface area contributed by atoms with Gasteiger partial charge in [0.15, 0.2) is 5.96 Å². The number of likely N-dealkylation sites (N-methyl/N-ethyl adjacent to an activating group) is 1. The Bertz CT molecular complexity index is 699. The number of guanidine groups is 1. The SMILES string of the molecule is CCN1CCN(Cc2ccccc2CNC(=NC)NCC(C)(C)N2CCOCC2)CC1.I. The van der Waals surface area contributed by atoms with Crippen LogP contribution in [0, 0.1) is 0 Å². The molecule has 2 fully saturated rings. The Balaban J connectivity index is 0.00000363. The van der Waals surface area contributed by atoms with Gasteiger partial charge in [0.25, 0.3) is 0 Å². The van der Waals surface area contributed by atoms with Crippen LogP contribution in [0.25, 0.3) is 0 Å². The predicted molar refractivity (Wildman–Crippen MR) is 144 cm³/mol. The van der Waals surface area contributed by atoms with Gasteiger partial charge < -0.3 is 20.3 Å². The van der Waals surface area contributed by atoms with E-state index >= 15 is 0 Å². The van der Waals surface area contributed by atoms with Crippen molar-refractivity contribution in [3.8, 4) is 0 Å². The zero-order chi connectivity index (χ0) is 22.1. The number of aliphatic imine (C=N–C) groups is 1. The van der Waals surface area contributed by atoms with Gasteiger partial charge in [0.1, 0.15) is 0 Å². The molecule has 3 rings (SSSR count). The summed E-state index contributed by atoms with van der Waals surface area (Å²) >= 11 is 0. The number of halogens is 1. The number of ether oxygens (including phenoxy) is 1. The van der Waals surface area contributed by atoms with Gasteiger partial charge in [0.2, 0.25) is 0 Å². The molecule has 2 saturated heterocycles. The molecule has 0 unspecified atom stereocenters. The molecule has 2 aliphatic heterocycles. The summed E-state index contributed by atoms with van der Waals surface area (Å²) in [5.74, 6) is 0.854. The summed E-state index contributed by atoms with van der Waals surface area (Å²) < 4.78 is 5.50. The first-order valence-corrected chi connectivity index (χ1v) is 11.8. The fraction of sp³-hybridized carbons (Fsp3) is 0.708. The van der Waals surface area contributed by atoms with Crippen molar-refractivity contribution < 1.29 is 4.74 Å². The average molecular weight is 559 g/mol. The molecule has 8 heteroatoms. The highest BCUT2D eigenvalue weighted by molar-refractivity contribution is 14.0. The summed E-state index contributed by atoms with van der Waals surface area (Å²) in [5, 5.41) is 7.05. The first-order valence-electron chi connectivity index (χ1n) is 11.8. The van der Waals surface area contributed by atoms with E-state index in [1.54, 1.807) is 0 Å². The number of benzene rings is 1. The van der Waals surface area contributed by atoms with E-state index < -0.39 is 0 Å². The standard InChI is InChI=1S/C24H42N6O.HI/c1-5-28-10-12-29(13-11-28)19-22-9-7-6-8-21(22)18-26-23(25-4)27-20-24(2,3)30-14-16-31-17-15-30;/h6-9H,5,10-20H2,1-4H3,(H2,25,26,27);1H. The number of nitrogens with zero attached hydrogens (tertiary/aromatic N) is 4. The van der Waals surface area contributed by atoms with Crippen molar-refractivity contribution in [1.82, 2.24) is 25.3 Å². The predicted octanol–water partition coefficient (Wildman–Crippen LogP) is 2.22. The third-order valence-electron chi connectivity index (χ3n) is 6.65. The van der Waals surface area contributed by atoms with Crippen LogP contribution in [0.15, 0.2) is 29.3 Å². The van der Waals surface area contributed by atoms with Crippen LogP contribution in [0.3, 0.4) is 0 Å². The molecule has 2 N–H and O–H groups in total. The highest BCUT2D eigenvalue weighted by atomic mass is 127. The summed E-state index contributed by atoms with van der Waals surface area (Å²) in [7, 11) is 1.84. The first kappa shape index (κ1) is 27.3. The van der Waals surface area contributed by atoms with E-state index in [-0.39, 0.29) is 29.5 Å². The van der Waals surface area contributed by atoms with E-state index in [0.29, 0.717) is 0 Å². The van der Waals surface area contributed by atoms with Crippen molar-refractivity contribution in [3.05, 3.63) is 35.4 Å². The van der Waals surface area contributed by atoms with E-state index in [4.69, 9.17) is 4.74 Å². The van der Waals surface area contributed by atoms with E-state index in [1.165, 1.54) is 24.2 Å². The normalized spacial score (nSPS) is 19.4. The summed E-state index contributed by atoms with van der Waals surface area (Å²) in [6.07, 6.45) is 0. The molecule has 1 aromatic carbocycles. The maximum atomic E-state index is 5.50. The molecule has 0 bridgehead atoms. The molecule has 2 aliphatic rings. The maximum Gasteiger partial charge on any atom is 0.191 e. The van der Waals surface area contributed by atoms with Crippen LogP contribution >= 0.6 is 24.0 Å². The summed E-state index contributed by atoms with van der Waals surface area (Å²) in [5.41, 5.74) is 2.81. The van der Waals surface area contributed by atoms with Crippen molar-refractivity contribution in [2.24, 2.45) is 4.99 Å². The largest absolute Gasteiger partial charge is 0.379 e. The van der Waals surface area contributed by atoms with Gasteiger partial charge in [-0.1, -0.05) is 31.2 Å². The first-order chi connectivity index (χ1) is 15.0. The Morgan fingerprint density at radius 2 is 1.59 bits per heavy atom. The third kappa shape index (κ3) is 8.13. The smallest absolute Gasteiger partial charge is 0.191 e. The van der Waals surface area contributed by atoms with Gasteiger partial charge in [-0.3, -0.25) is 14.8 Å². The minimum Gasteiger partial charge on any atom is -0.379 e. The van der Waals surface area contributed by atoms with Crippen LogP contribution in [-0.4, -0.2) is 98.8 Å². The second kappa shape index (κ2) is 13.7. The minimum atomic E-state index is 0. The molecule has 32 heavy (non-hydrogen) atoms. The molecule has 7 nitrogen and oxygen atoms in total. The lowest BCUT2D eigenvalue weighted by Gasteiger charge is -2.41. The lowest BCUT2D eigenvalue weighted by atomic mass is 10.0. The third-order valence-corrected chi connectivity index (χ3v) is 6.65. The van der Waals surface area contributed by atoms with Crippen LogP contribution in [-0.2, 0) is 17.8 Å². The Morgan fingerprint density at radius 1 is 0.969 bits per heavy atom. The molecule has 0 atom stereocenters. The summed E-state index contributed by atoms with van der Waals surface area (Å²) in [4.78, 5) is 12.0. The number of rotatable bonds is 8. The zero-order valence-corrected chi connectivity index (χ0v) is 22.7. The Labute approximate surface area is 212 Å².